The van der Waals surface area contributed by atoms with Crippen molar-refractivity contribution < 1.29 is 27.8 Å². The Bertz CT molecular complexity index is 718. The number of hydrogen-bond donors (Lipinski definition) is 0. The summed E-state index contributed by atoms with van der Waals surface area (Å²) in [7, 11) is 1.35. The second kappa shape index (κ2) is 12.0. The van der Waals surface area contributed by atoms with Crippen molar-refractivity contribution in [3.8, 4) is 0 Å². The van der Waals surface area contributed by atoms with Crippen molar-refractivity contribution in [3.63, 3.8) is 0 Å². The number of ether oxygens (including phenoxy) is 3. The lowest BCUT2D eigenvalue weighted by atomic mass is 10.0. The van der Waals surface area contributed by atoms with Crippen LogP contribution in [0.15, 0.2) is 41.0 Å². The van der Waals surface area contributed by atoms with Gasteiger partial charge in [-0.25, -0.2) is 13.6 Å². The van der Waals surface area contributed by atoms with Gasteiger partial charge < -0.3 is 14.2 Å². The third-order valence-corrected chi connectivity index (χ3v) is 5.39. The predicted octanol–water partition coefficient (Wildman–Crippen LogP) is 3.00. The van der Waals surface area contributed by atoms with Gasteiger partial charge >= 0.3 is 5.97 Å². The lowest BCUT2D eigenvalue weighted by Crippen LogP contribution is -2.45. The number of halogens is 2. The molecule has 0 amide bonds. The van der Waals surface area contributed by atoms with Gasteiger partial charge in [-0.2, -0.15) is 5.10 Å². The van der Waals surface area contributed by atoms with E-state index in [4.69, 9.17) is 14.2 Å². The molecule has 31 heavy (non-hydrogen) atoms. The number of morpholine rings is 1. The fraction of sp³-hybridized carbons (Fsp3) is 0.636. The van der Waals surface area contributed by atoms with Crippen molar-refractivity contribution in [1.29, 1.82) is 0 Å². The first-order valence-corrected chi connectivity index (χ1v) is 10.5. The Morgan fingerprint density at radius 3 is 2.68 bits per heavy atom. The zero-order chi connectivity index (χ0) is 22.9. The summed E-state index contributed by atoms with van der Waals surface area (Å²) in [6.07, 6.45) is 4.00. The van der Waals surface area contributed by atoms with Gasteiger partial charge in [-0.15, -0.1) is 0 Å². The molecule has 0 aromatic rings. The molecule has 174 valence electrons. The number of allylic oxidation sites excluding steroid dienone is 4. The molecule has 2 unspecified atom stereocenters. The molecule has 0 aliphatic carbocycles. The summed E-state index contributed by atoms with van der Waals surface area (Å²) >= 11 is 0. The first-order valence-electron chi connectivity index (χ1n) is 10.5. The van der Waals surface area contributed by atoms with Crippen molar-refractivity contribution in [2.45, 2.75) is 38.4 Å². The van der Waals surface area contributed by atoms with Crippen molar-refractivity contribution in [1.82, 2.24) is 9.91 Å². The molecular formula is C22H33F2N3O4. The second-order valence-electron chi connectivity index (χ2n) is 7.78. The molecule has 2 aliphatic heterocycles. The molecule has 7 nitrogen and oxygen atoms in total. The Morgan fingerprint density at radius 1 is 1.32 bits per heavy atom. The van der Waals surface area contributed by atoms with E-state index in [0.29, 0.717) is 38.3 Å². The normalized spacial score (nSPS) is 24.5. The minimum Gasteiger partial charge on any atom is -0.489 e. The van der Waals surface area contributed by atoms with E-state index in [9.17, 15) is 13.6 Å². The van der Waals surface area contributed by atoms with Crippen LogP contribution in [0.5, 0.6) is 0 Å². The number of methoxy groups -OCH3 is 1. The van der Waals surface area contributed by atoms with Crippen LogP contribution in [0.2, 0.25) is 0 Å². The molecule has 2 aliphatic rings. The summed E-state index contributed by atoms with van der Waals surface area (Å²) in [4.78, 5) is 14.2. The van der Waals surface area contributed by atoms with E-state index in [0.717, 1.165) is 26.4 Å². The molecule has 2 fully saturated rings. The Morgan fingerprint density at radius 2 is 2.03 bits per heavy atom. The van der Waals surface area contributed by atoms with Gasteiger partial charge in [0.2, 0.25) is 0 Å². The maximum Gasteiger partial charge on any atom is 0.333 e. The van der Waals surface area contributed by atoms with E-state index in [1.54, 1.807) is 11.9 Å². The minimum absolute atomic E-state index is 0.168. The Balaban J connectivity index is 1.97. The number of rotatable bonds is 10. The zero-order valence-corrected chi connectivity index (χ0v) is 18.6. The number of esters is 1. The predicted molar refractivity (Wildman–Crippen MR) is 115 cm³/mol. The van der Waals surface area contributed by atoms with Crippen LogP contribution in [-0.4, -0.2) is 86.9 Å². The lowest BCUT2D eigenvalue weighted by molar-refractivity contribution is -0.152. The summed E-state index contributed by atoms with van der Waals surface area (Å²) in [6, 6.07) is 0. The first kappa shape index (κ1) is 25.0. The highest BCUT2D eigenvalue weighted by Gasteiger charge is 2.44. The van der Waals surface area contributed by atoms with E-state index in [1.807, 2.05) is 0 Å². The van der Waals surface area contributed by atoms with E-state index < -0.39 is 17.5 Å². The van der Waals surface area contributed by atoms with Crippen LogP contribution in [-0.2, 0) is 19.0 Å². The fourth-order valence-corrected chi connectivity index (χ4v) is 3.43. The number of alkyl halides is 1. The van der Waals surface area contributed by atoms with Crippen molar-refractivity contribution in [2.75, 3.05) is 53.1 Å². The molecule has 2 saturated heterocycles. The van der Waals surface area contributed by atoms with E-state index in [-0.39, 0.29) is 18.3 Å². The maximum atomic E-state index is 14.2. The van der Waals surface area contributed by atoms with Crippen molar-refractivity contribution >= 4 is 12.2 Å². The van der Waals surface area contributed by atoms with Crippen LogP contribution >= 0.6 is 0 Å². The van der Waals surface area contributed by atoms with Gasteiger partial charge in [-0.05, 0) is 38.3 Å². The zero-order valence-electron chi connectivity index (χ0n) is 18.6. The summed E-state index contributed by atoms with van der Waals surface area (Å²) in [5.41, 5.74) is -0.369. The number of hydrazone groups is 1. The number of nitrogens with zero attached hydrogens (tertiary/aromatic N) is 3. The Hall–Kier alpha value is -2.26. The van der Waals surface area contributed by atoms with Gasteiger partial charge in [0.05, 0.1) is 26.5 Å². The highest BCUT2D eigenvalue weighted by molar-refractivity contribution is 5.83. The van der Waals surface area contributed by atoms with E-state index in [1.165, 1.54) is 25.5 Å². The average molecular weight is 442 g/mol. The standard InChI is InChI=1S/C22H33F2N3O4/c1-17(16-25-27-9-5-8-22(27,3)21(28)29-4)6-7-19(20(24)18(2)23)31-15-12-26-10-13-30-14-11-26/h6-7,16,18H,1,5,8-15H2,2-4H3/b7-6-,20-19-,25-16+. The summed E-state index contributed by atoms with van der Waals surface area (Å²) in [5, 5.41) is 6.00. The molecule has 0 saturated carbocycles. The van der Waals surface area contributed by atoms with Crippen molar-refractivity contribution in [3.05, 3.63) is 35.9 Å². The largest absolute Gasteiger partial charge is 0.489 e. The van der Waals surface area contributed by atoms with Gasteiger partial charge in [0.15, 0.2) is 23.3 Å². The quantitative estimate of drug-likeness (QED) is 0.225. The Kier molecular flexibility index (Phi) is 9.64. The molecule has 2 rings (SSSR count). The molecular weight excluding hydrogens is 408 g/mol. The summed E-state index contributed by atoms with van der Waals surface area (Å²) in [5.74, 6) is -1.49. The smallest absolute Gasteiger partial charge is 0.333 e. The SMILES string of the molecule is C=C(/C=C\C(OCCN1CCOCC1)=C(\F)C(C)F)/C=N/N1CCCC1(C)C(=O)OC. The number of carbonyl (C=O) groups excluding carboxylic acids is 1. The molecule has 2 atom stereocenters. The summed E-state index contributed by atoms with van der Waals surface area (Å²) in [6.45, 7) is 11.1. The molecule has 0 spiro atoms. The molecule has 0 aromatic heterocycles. The first-order chi connectivity index (χ1) is 14.8. The lowest BCUT2D eigenvalue weighted by Gasteiger charge is -2.29. The molecule has 0 aromatic carbocycles. The van der Waals surface area contributed by atoms with Gasteiger partial charge in [0.1, 0.15) is 6.61 Å². The molecule has 9 heteroatoms. The number of hydrogen-bond acceptors (Lipinski definition) is 7. The highest BCUT2D eigenvalue weighted by atomic mass is 19.2. The fourth-order valence-electron chi connectivity index (χ4n) is 3.43. The van der Waals surface area contributed by atoms with Crippen molar-refractivity contribution in [2.24, 2.45) is 5.10 Å². The van der Waals surface area contributed by atoms with Gasteiger partial charge in [0, 0.05) is 26.2 Å². The monoisotopic (exact) mass is 441 g/mol. The van der Waals surface area contributed by atoms with Crippen LogP contribution in [0.25, 0.3) is 0 Å². The Labute approximate surface area is 183 Å². The van der Waals surface area contributed by atoms with Crippen LogP contribution in [0, 0.1) is 0 Å². The summed E-state index contributed by atoms with van der Waals surface area (Å²) < 4.78 is 43.5. The number of carbonyl (C=O) groups is 1. The van der Waals surface area contributed by atoms with Crippen LogP contribution < -0.4 is 0 Å². The van der Waals surface area contributed by atoms with Crippen LogP contribution in [0.4, 0.5) is 8.78 Å². The highest BCUT2D eigenvalue weighted by Crippen LogP contribution is 2.30. The molecule has 0 N–H and O–H groups in total. The van der Waals surface area contributed by atoms with Crippen LogP contribution in [0.1, 0.15) is 26.7 Å². The minimum atomic E-state index is -1.78. The third-order valence-electron chi connectivity index (χ3n) is 5.39. The molecule has 0 radical (unpaired) electrons. The topological polar surface area (TPSA) is 63.6 Å². The average Bonchev–Trinajstić information content (AvgIpc) is 3.15. The van der Waals surface area contributed by atoms with E-state index in [2.05, 4.69) is 16.6 Å². The molecule has 0 bridgehead atoms. The van der Waals surface area contributed by atoms with Gasteiger partial charge in [0.25, 0.3) is 0 Å². The second-order valence-corrected chi connectivity index (χ2v) is 7.78. The maximum absolute atomic E-state index is 14.2. The molecule has 2 heterocycles. The third kappa shape index (κ3) is 7.14. The van der Waals surface area contributed by atoms with E-state index >= 15 is 0 Å². The van der Waals surface area contributed by atoms with Gasteiger partial charge in [-0.3, -0.25) is 9.91 Å². The van der Waals surface area contributed by atoms with Crippen LogP contribution in [0.3, 0.4) is 0 Å². The van der Waals surface area contributed by atoms with Gasteiger partial charge in [-0.1, -0.05) is 12.7 Å².